The Hall–Kier alpha value is -3.11. The molecular formula is C18H19N3O6S. The number of likely N-dealkylation sites (tertiary alicyclic amines) is 1. The smallest absolute Gasteiger partial charge is 0.353 e. The minimum absolute atomic E-state index is 0.0108. The van der Waals surface area contributed by atoms with Crippen molar-refractivity contribution in [1.82, 2.24) is 10.2 Å². The van der Waals surface area contributed by atoms with Crippen LogP contribution in [0.5, 0.6) is 5.75 Å². The van der Waals surface area contributed by atoms with Crippen LogP contribution in [0, 0.1) is 0 Å². The number of phenolic OH excluding ortho intramolecular Hbond substituents is 1. The number of rotatable bonds is 7. The molecule has 0 unspecified atom stereocenters. The van der Waals surface area contributed by atoms with Crippen molar-refractivity contribution < 1.29 is 29.4 Å². The molecule has 1 heterocycles. The van der Waals surface area contributed by atoms with E-state index >= 15 is 0 Å². The molecule has 1 aromatic carbocycles. The van der Waals surface area contributed by atoms with Gasteiger partial charge in [-0.3, -0.25) is 19.3 Å². The number of carbonyl (C=O) groups excluding carboxylic acids is 3. The van der Waals surface area contributed by atoms with Gasteiger partial charge in [0.1, 0.15) is 28.9 Å². The first kappa shape index (κ1) is 21.2. The van der Waals surface area contributed by atoms with Gasteiger partial charge in [0.05, 0.1) is 0 Å². The fourth-order valence-electron chi connectivity index (χ4n) is 2.65. The molecule has 1 fully saturated rings. The predicted octanol–water partition coefficient (Wildman–Crippen LogP) is 0.0886. The first-order chi connectivity index (χ1) is 13.2. The molecule has 0 aliphatic carbocycles. The molecule has 1 saturated heterocycles. The lowest BCUT2D eigenvalue weighted by Gasteiger charge is -2.44. The highest BCUT2D eigenvalue weighted by Crippen LogP contribution is 2.30. The molecule has 3 atom stereocenters. The van der Waals surface area contributed by atoms with Crippen LogP contribution in [0.3, 0.4) is 0 Å². The van der Waals surface area contributed by atoms with Crippen LogP contribution in [0.4, 0.5) is 0 Å². The van der Waals surface area contributed by atoms with E-state index in [4.69, 9.17) is 5.73 Å². The van der Waals surface area contributed by atoms with Crippen LogP contribution in [0.1, 0.15) is 18.5 Å². The number of β-lactam (4-membered cyclic amide) rings is 1. The molecule has 148 valence electrons. The number of benzene rings is 1. The van der Waals surface area contributed by atoms with E-state index in [2.05, 4.69) is 17.9 Å². The highest BCUT2D eigenvalue weighted by Gasteiger charge is 2.50. The molecule has 0 spiro atoms. The minimum atomic E-state index is -1.47. The highest BCUT2D eigenvalue weighted by atomic mass is 32.1. The van der Waals surface area contributed by atoms with Crippen LogP contribution in [0.25, 0.3) is 0 Å². The molecule has 0 radical (unpaired) electrons. The van der Waals surface area contributed by atoms with Gasteiger partial charge in [-0.2, -0.15) is 12.6 Å². The zero-order chi connectivity index (χ0) is 21.0. The van der Waals surface area contributed by atoms with Crippen LogP contribution < -0.4 is 11.1 Å². The Bertz CT molecular complexity index is 865. The maximum absolute atomic E-state index is 12.4. The van der Waals surface area contributed by atoms with Gasteiger partial charge in [-0.1, -0.05) is 24.3 Å². The van der Waals surface area contributed by atoms with Crippen molar-refractivity contribution >= 4 is 36.7 Å². The summed E-state index contributed by atoms with van der Waals surface area (Å²) in [5.41, 5.74) is 5.55. The monoisotopic (exact) mass is 405 g/mol. The second kappa shape index (κ2) is 8.72. The van der Waals surface area contributed by atoms with Gasteiger partial charge in [0.25, 0.3) is 5.91 Å². The molecule has 1 aromatic rings. The predicted molar refractivity (Wildman–Crippen MR) is 102 cm³/mol. The first-order valence-corrected chi connectivity index (χ1v) is 8.66. The fourth-order valence-corrected chi connectivity index (χ4v) is 3.08. The average molecular weight is 405 g/mol. The molecule has 5 N–H and O–H groups in total. The van der Waals surface area contributed by atoms with Crippen molar-refractivity contribution in [2.24, 2.45) is 5.73 Å². The number of amides is 2. The molecule has 0 aromatic heterocycles. The van der Waals surface area contributed by atoms with E-state index in [1.54, 1.807) is 6.92 Å². The average Bonchev–Trinajstić information content (AvgIpc) is 2.68. The molecule has 10 heteroatoms. The number of carbonyl (C=O) groups is 4. The number of hydrogen-bond donors (Lipinski definition) is 5. The van der Waals surface area contributed by atoms with E-state index in [0.29, 0.717) is 11.8 Å². The molecule has 1 aliphatic rings. The molecule has 28 heavy (non-hydrogen) atoms. The molecule has 1 aliphatic heterocycles. The van der Waals surface area contributed by atoms with E-state index in [0.717, 1.165) is 4.90 Å². The van der Waals surface area contributed by atoms with Gasteiger partial charge in [-0.25, -0.2) is 4.79 Å². The Balaban J connectivity index is 2.17. The van der Waals surface area contributed by atoms with Gasteiger partial charge in [0.15, 0.2) is 6.29 Å². The zero-order valence-corrected chi connectivity index (χ0v) is 15.7. The standard InChI is InChI=1S/C18H19N3O6S/c1-2-3-10(8-22)14(18(26)27)21-16(25)13(17(21)28)20-15(24)12(19)9-4-6-11(23)7-5-9/h2-8,12-13,17,23,28H,19H2,1H3,(H,20,24)(H,26,27)/b3-2+,14-10?/t12-,13-,17-/m1/s1. The van der Waals surface area contributed by atoms with Gasteiger partial charge < -0.3 is 21.3 Å². The topological polar surface area (TPSA) is 150 Å². The van der Waals surface area contributed by atoms with Crippen LogP contribution in [0.2, 0.25) is 0 Å². The normalized spacial score (nSPS) is 21.0. The summed E-state index contributed by atoms with van der Waals surface area (Å²) in [7, 11) is 0. The minimum Gasteiger partial charge on any atom is -0.508 e. The van der Waals surface area contributed by atoms with Gasteiger partial charge in [-0.15, -0.1) is 0 Å². The molecule has 2 rings (SSSR count). The van der Waals surface area contributed by atoms with Gasteiger partial charge in [0, 0.05) is 5.57 Å². The molecule has 9 nitrogen and oxygen atoms in total. The number of nitrogens with two attached hydrogens (primary N) is 1. The summed E-state index contributed by atoms with van der Waals surface area (Å²) in [6.07, 6.45) is 3.04. The summed E-state index contributed by atoms with van der Waals surface area (Å²) < 4.78 is 0. The Labute approximate surface area is 165 Å². The van der Waals surface area contributed by atoms with Crippen LogP contribution >= 0.6 is 12.6 Å². The Kier molecular flexibility index (Phi) is 6.60. The number of phenols is 1. The lowest BCUT2D eigenvalue weighted by atomic mass is 10.0. The van der Waals surface area contributed by atoms with Crippen molar-refractivity contribution in [1.29, 1.82) is 0 Å². The quantitative estimate of drug-likeness (QED) is 0.142. The number of aldehydes is 1. The van der Waals surface area contributed by atoms with Crippen molar-refractivity contribution in [3.05, 3.63) is 53.3 Å². The Morgan fingerprint density at radius 2 is 1.93 bits per heavy atom. The maximum Gasteiger partial charge on any atom is 0.353 e. The number of hydrogen-bond acceptors (Lipinski definition) is 7. The SMILES string of the molecule is C/C=C/C(C=O)=C(C(=O)O)N1C(=O)[C@@H](NC(=O)[C@H](N)c2ccc(O)cc2)[C@H]1S. The number of thiol groups is 1. The van der Waals surface area contributed by atoms with E-state index in [-0.39, 0.29) is 11.3 Å². The van der Waals surface area contributed by atoms with Gasteiger partial charge >= 0.3 is 5.97 Å². The number of aliphatic carboxylic acids is 1. The molecule has 0 saturated carbocycles. The fraction of sp³-hybridized carbons (Fsp3) is 0.222. The molecule has 2 amide bonds. The third kappa shape index (κ3) is 4.07. The number of aromatic hydroxyl groups is 1. The van der Waals surface area contributed by atoms with E-state index in [1.165, 1.54) is 36.4 Å². The second-order valence-electron chi connectivity index (χ2n) is 5.90. The van der Waals surface area contributed by atoms with Crippen LogP contribution in [0.15, 0.2) is 47.7 Å². The van der Waals surface area contributed by atoms with Crippen molar-refractivity contribution in [2.45, 2.75) is 24.4 Å². The third-order valence-electron chi connectivity index (χ3n) is 4.09. The number of carboxylic acids is 1. The summed E-state index contributed by atoms with van der Waals surface area (Å²) >= 11 is 4.19. The number of nitrogens with one attached hydrogen (secondary N) is 1. The summed E-state index contributed by atoms with van der Waals surface area (Å²) in [4.78, 5) is 48.3. The van der Waals surface area contributed by atoms with Gasteiger partial charge in [-0.05, 0) is 24.6 Å². The molecular weight excluding hydrogens is 386 g/mol. The largest absolute Gasteiger partial charge is 0.508 e. The van der Waals surface area contributed by atoms with Crippen LogP contribution in [-0.2, 0) is 19.2 Å². The number of nitrogens with zero attached hydrogens (tertiary/aromatic N) is 1. The Morgan fingerprint density at radius 1 is 1.32 bits per heavy atom. The summed E-state index contributed by atoms with van der Waals surface area (Å²) in [6.45, 7) is 1.59. The zero-order valence-electron chi connectivity index (χ0n) is 14.8. The maximum atomic E-state index is 12.4. The number of carboxylic acid groups (broad SMARTS) is 1. The lowest BCUT2D eigenvalue weighted by Crippen LogP contribution is -2.69. The van der Waals surface area contributed by atoms with Crippen molar-refractivity contribution in [3.8, 4) is 5.75 Å². The van der Waals surface area contributed by atoms with Crippen LogP contribution in [-0.4, -0.2) is 50.6 Å². The van der Waals surface area contributed by atoms with Crippen molar-refractivity contribution in [2.75, 3.05) is 0 Å². The Morgan fingerprint density at radius 3 is 2.39 bits per heavy atom. The van der Waals surface area contributed by atoms with Gasteiger partial charge in [0.2, 0.25) is 5.91 Å². The highest BCUT2D eigenvalue weighted by molar-refractivity contribution is 7.81. The molecule has 0 bridgehead atoms. The first-order valence-electron chi connectivity index (χ1n) is 8.14. The van der Waals surface area contributed by atoms with E-state index < -0.39 is 40.9 Å². The summed E-state index contributed by atoms with van der Waals surface area (Å²) in [5, 5.41) is 20.1. The van der Waals surface area contributed by atoms with E-state index in [1.807, 2.05) is 0 Å². The van der Waals surface area contributed by atoms with E-state index in [9.17, 15) is 29.4 Å². The second-order valence-corrected chi connectivity index (χ2v) is 6.43. The number of allylic oxidation sites excluding steroid dienone is 3. The third-order valence-corrected chi connectivity index (χ3v) is 4.62. The lowest BCUT2D eigenvalue weighted by molar-refractivity contribution is -0.150. The van der Waals surface area contributed by atoms with Crippen molar-refractivity contribution in [3.63, 3.8) is 0 Å². The summed E-state index contributed by atoms with van der Waals surface area (Å²) in [5.74, 6) is -2.87. The summed E-state index contributed by atoms with van der Waals surface area (Å²) in [6, 6.07) is 3.45.